The molecule has 0 aliphatic rings. The predicted molar refractivity (Wildman–Crippen MR) is 105 cm³/mol. The molecule has 4 aromatic rings. The van der Waals surface area contributed by atoms with Gasteiger partial charge in [0.25, 0.3) is 5.91 Å². The van der Waals surface area contributed by atoms with E-state index in [2.05, 4.69) is 24.4 Å². The van der Waals surface area contributed by atoms with Gasteiger partial charge in [-0.3, -0.25) is 4.79 Å². The molecule has 2 aromatic carbocycles. The van der Waals surface area contributed by atoms with Crippen molar-refractivity contribution in [1.29, 1.82) is 0 Å². The van der Waals surface area contributed by atoms with E-state index in [1.807, 2.05) is 47.0 Å². The van der Waals surface area contributed by atoms with Gasteiger partial charge in [-0.15, -0.1) is 0 Å². The molecule has 5 nitrogen and oxygen atoms in total. The highest BCUT2D eigenvalue weighted by molar-refractivity contribution is 6.05. The zero-order valence-corrected chi connectivity index (χ0v) is 15.2. The van der Waals surface area contributed by atoms with Crippen molar-refractivity contribution in [1.82, 2.24) is 4.57 Å². The topological polar surface area (TPSA) is 56.4 Å². The van der Waals surface area contributed by atoms with Crippen LogP contribution in [-0.2, 0) is 6.54 Å². The summed E-state index contributed by atoms with van der Waals surface area (Å²) in [6, 6.07) is 19.1. The summed E-state index contributed by atoms with van der Waals surface area (Å²) in [6.45, 7) is 2.67. The Hall–Kier alpha value is -3.47. The molecule has 0 atom stereocenters. The lowest BCUT2D eigenvalue weighted by Crippen LogP contribution is -2.17. The smallest absolute Gasteiger partial charge is 0.272 e. The van der Waals surface area contributed by atoms with Gasteiger partial charge in [0.05, 0.1) is 18.9 Å². The summed E-state index contributed by atoms with van der Waals surface area (Å²) in [4.78, 5) is 12.9. The van der Waals surface area contributed by atoms with E-state index in [4.69, 9.17) is 9.15 Å². The minimum atomic E-state index is -0.180. The van der Waals surface area contributed by atoms with Crippen LogP contribution in [0.4, 0.5) is 5.69 Å². The Morgan fingerprint density at radius 3 is 2.63 bits per heavy atom. The van der Waals surface area contributed by atoms with E-state index in [0.29, 0.717) is 23.5 Å². The van der Waals surface area contributed by atoms with Crippen molar-refractivity contribution in [2.24, 2.45) is 0 Å². The number of amides is 1. The summed E-state index contributed by atoms with van der Waals surface area (Å²) in [7, 11) is 1.61. The number of carbonyl (C=O) groups excluding carboxylic acids is 1. The fraction of sp³-hybridized carbons (Fsp3) is 0.136. The fourth-order valence-electron chi connectivity index (χ4n) is 3.16. The minimum absolute atomic E-state index is 0.180. The highest BCUT2D eigenvalue weighted by atomic mass is 16.5. The quantitative estimate of drug-likeness (QED) is 0.553. The summed E-state index contributed by atoms with van der Waals surface area (Å²) in [5.74, 6) is 0.564. The number of aryl methyl sites for hydroxylation is 1. The lowest BCUT2D eigenvalue weighted by molar-refractivity contribution is 0.101. The van der Waals surface area contributed by atoms with Crippen LogP contribution in [0.25, 0.3) is 11.1 Å². The maximum absolute atomic E-state index is 12.9. The van der Waals surface area contributed by atoms with Crippen LogP contribution in [0.1, 0.15) is 21.6 Å². The van der Waals surface area contributed by atoms with Crippen LogP contribution in [-0.4, -0.2) is 17.6 Å². The number of anilines is 1. The maximum atomic E-state index is 12.9. The summed E-state index contributed by atoms with van der Waals surface area (Å²) in [6.07, 6.45) is 1.64. The number of nitrogens with one attached hydrogen (secondary N) is 1. The van der Waals surface area contributed by atoms with Gasteiger partial charge < -0.3 is 19.0 Å². The van der Waals surface area contributed by atoms with E-state index in [1.54, 1.807) is 19.4 Å². The third-order valence-corrected chi connectivity index (χ3v) is 4.69. The first-order valence-corrected chi connectivity index (χ1v) is 8.72. The Morgan fingerprint density at radius 2 is 1.89 bits per heavy atom. The minimum Gasteiger partial charge on any atom is -0.497 e. The molecule has 4 rings (SSSR count). The number of hydrogen-bond acceptors (Lipinski definition) is 3. The summed E-state index contributed by atoms with van der Waals surface area (Å²) >= 11 is 0. The van der Waals surface area contributed by atoms with Gasteiger partial charge in [0.15, 0.2) is 5.58 Å². The number of ether oxygens (including phenoxy) is 1. The number of carbonyl (C=O) groups is 1. The Labute approximate surface area is 157 Å². The highest BCUT2D eigenvalue weighted by Gasteiger charge is 2.18. The molecule has 2 aromatic heterocycles. The zero-order valence-electron chi connectivity index (χ0n) is 15.2. The Balaban J connectivity index is 1.67. The Morgan fingerprint density at radius 1 is 1.11 bits per heavy atom. The molecular formula is C22H20N2O3. The molecule has 1 amide bonds. The van der Waals surface area contributed by atoms with Crippen LogP contribution in [0.2, 0.25) is 0 Å². The van der Waals surface area contributed by atoms with Crippen molar-refractivity contribution in [2.45, 2.75) is 13.5 Å². The predicted octanol–water partition coefficient (Wildman–Crippen LogP) is 4.85. The van der Waals surface area contributed by atoms with Crippen molar-refractivity contribution in [3.63, 3.8) is 0 Å². The second-order valence-electron chi connectivity index (χ2n) is 6.39. The molecule has 27 heavy (non-hydrogen) atoms. The molecule has 136 valence electrons. The van der Waals surface area contributed by atoms with Gasteiger partial charge >= 0.3 is 0 Å². The molecule has 0 aliphatic carbocycles. The fourth-order valence-corrected chi connectivity index (χ4v) is 3.16. The van der Waals surface area contributed by atoms with E-state index in [1.165, 1.54) is 5.56 Å². The van der Waals surface area contributed by atoms with E-state index in [0.717, 1.165) is 16.8 Å². The van der Waals surface area contributed by atoms with Gasteiger partial charge in [-0.25, -0.2) is 0 Å². The molecule has 0 bridgehead atoms. The summed E-state index contributed by atoms with van der Waals surface area (Å²) < 4.78 is 12.7. The van der Waals surface area contributed by atoms with Crippen LogP contribution < -0.4 is 10.1 Å². The second-order valence-corrected chi connectivity index (χ2v) is 6.39. The van der Waals surface area contributed by atoms with Gasteiger partial charge in [0, 0.05) is 24.4 Å². The molecule has 0 unspecified atom stereocenters. The van der Waals surface area contributed by atoms with Gasteiger partial charge in [0.1, 0.15) is 11.4 Å². The third-order valence-electron chi connectivity index (χ3n) is 4.69. The first kappa shape index (κ1) is 17.0. The average Bonchev–Trinajstić information content (AvgIpc) is 3.27. The van der Waals surface area contributed by atoms with Crippen LogP contribution in [0, 0.1) is 6.92 Å². The third kappa shape index (κ3) is 3.31. The number of furan rings is 1. The van der Waals surface area contributed by atoms with Crippen molar-refractivity contribution < 1.29 is 13.9 Å². The van der Waals surface area contributed by atoms with Crippen molar-refractivity contribution in [3.8, 4) is 5.75 Å². The van der Waals surface area contributed by atoms with Crippen molar-refractivity contribution >= 4 is 22.7 Å². The monoisotopic (exact) mass is 360 g/mol. The molecule has 0 fully saturated rings. The molecular weight excluding hydrogens is 340 g/mol. The number of nitrogens with zero attached hydrogens (tertiary/aromatic N) is 1. The van der Waals surface area contributed by atoms with Gasteiger partial charge in [0.2, 0.25) is 0 Å². The van der Waals surface area contributed by atoms with Crippen molar-refractivity contribution in [3.05, 3.63) is 83.7 Å². The Bertz CT molecular complexity index is 1090. The van der Waals surface area contributed by atoms with Gasteiger partial charge in [-0.1, -0.05) is 24.3 Å². The molecule has 2 heterocycles. The normalized spacial score (nSPS) is 10.9. The van der Waals surface area contributed by atoms with Crippen LogP contribution in [0.5, 0.6) is 5.75 Å². The lowest BCUT2D eigenvalue weighted by Gasteiger charge is -2.12. The number of fused-ring (bicyclic) bond motifs is 1. The SMILES string of the molecule is COc1ccc(NC(=O)c2cc3occc3n2Cc2ccccc2C)cc1. The maximum Gasteiger partial charge on any atom is 0.272 e. The molecule has 0 radical (unpaired) electrons. The molecule has 0 spiro atoms. The van der Waals surface area contributed by atoms with Crippen LogP contribution in [0.3, 0.4) is 0 Å². The average molecular weight is 360 g/mol. The summed E-state index contributed by atoms with van der Waals surface area (Å²) in [5.41, 5.74) is 5.21. The van der Waals surface area contributed by atoms with E-state index < -0.39 is 0 Å². The first-order chi connectivity index (χ1) is 13.2. The van der Waals surface area contributed by atoms with E-state index >= 15 is 0 Å². The first-order valence-electron chi connectivity index (χ1n) is 8.72. The summed E-state index contributed by atoms with van der Waals surface area (Å²) in [5, 5.41) is 2.94. The van der Waals surface area contributed by atoms with Gasteiger partial charge in [-0.2, -0.15) is 0 Å². The number of rotatable bonds is 5. The number of hydrogen-bond donors (Lipinski definition) is 1. The molecule has 0 saturated heterocycles. The van der Waals surface area contributed by atoms with Crippen LogP contribution >= 0.6 is 0 Å². The standard InChI is InChI=1S/C22H20N2O3/c1-15-5-3-4-6-16(15)14-24-19-11-12-27-21(19)13-20(24)22(25)23-17-7-9-18(26-2)10-8-17/h3-13H,14H2,1-2H3,(H,23,25). The van der Waals surface area contributed by atoms with E-state index in [-0.39, 0.29) is 5.91 Å². The number of aromatic nitrogens is 1. The molecule has 5 heteroatoms. The molecule has 1 N–H and O–H groups in total. The molecule has 0 aliphatic heterocycles. The Kier molecular flexibility index (Phi) is 4.42. The van der Waals surface area contributed by atoms with Crippen molar-refractivity contribution in [2.75, 3.05) is 12.4 Å². The highest BCUT2D eigenvalue weighted by Crippen LogP contribution is 2.24. The second kappa shape index (κ2) is 7.03. The zero-order chi connectivity index (χ0) is 18.8. The number of methoxy groups -OCH3 is 1. The van der Waals surface area contributed by atoms with Crippen LogP contribution in [0.15, 0.2) is 71.3 Å². The van der Waals surface area contributed by atoms with Gasteiger partial charge in [-0.05, 0) is 42.3 Å². The van der Waals surface area contributed by atoms with E-state index in [9.17, 15) is 4.79 Å². The molecule has 0 saturated carbocycles. The lowest BCUT2D eigenvalue weighted by atomic mass is 10.1. The number of benzene rings is 2. The largest absolute Gasteiger partial charge is 0.497 e.